The Hall–Kier alpha value is -2.50. The summed E-state index contributed by atoms with van der Waals surface area (Å²) >= 11 is 0. The van der Waals surface area contributed by atoms with Gasteiger partial charge in [0.25, 0.3) is 0 Å². The van der Waals surface area contributed by atoms with Crippen molar-refractivity contribution in [3.63, 3.8) is 0 Å². The Morgan fingerprint density at radius 3 is 2.48 bits per heavy atom. The molecule has 0 aliphatic carbocycles. The van der Waals surface area contributed by atoms with E-state index in [1.165, 1.54) is 0 Å². The fourth-order valence-electron chi connectivity index (χ4n) is 2.62. The molecule has 2 amide bonds. The first-order chi connectivity index (χ1) is 11.0. The maximum Gasteiger partial charge on any atom is 0.236 e. The summed E-state index contributed by atoms with van der Waals surface area (Å²) in [4.78, 5) is 27.8. The Labute approximate surface area is 136 Å². The lowest BCUT2D eigenvalue weighted by molar-refractivity contribution is -0.155. The zero-order valence-electron chi connectivity index (χ0n) is 13.7. The third-order valence-electron chi connectivity index (χ3n) is 3.82. The van der Waals surface area contributed by atoms with Crippen LogP contribution < -0.4 is 9.47 Å². The second-order valence-corrected chi connectivity index (χ2v) is 5.54. The lowest BCUT2D eigenvalue weighted by Gasteiger charge is -2.35. The van der Waals surface area contributed by atoms with E-state index in [0.29, 0.717) is 24.8 Å². The number of amides is 2. The Bertz CT molecular complexity index is 595. The van der Waals surface area contributed by atoms with Crippen LogP contribution in [0.4, 0.5) is 0 Å². The molecule has 6 nitrogen and oxygen atoms in total. The second kappa shape index (κ2) is 7.17. The molecule has 1 aliphatic heterocycles. The number of benzene rings is 1. The largest absolute Gasteiger partial charge is 0.497 e. The van der Waals surface area contributed by atoms with Crippen molar-refractivity contribution < 1.29 is 19.1 Å². The fraction of sp³-hybridized carbons (Fsp3) is 0.412. The quantitative estimate of drug-likeness (QED) is 0.586. The summed E-state index contributed by atoms with van der Waals surface area (Å²) in [6.45, 7) is 4.29. The van der Waals surface area contributed by atoms with Gasteiger partial charge in [0.05, 0.1) is 13.8 Å². The van der Waals surface area contributed by atoms with Crippen molar-refractivity contribution in [3.05, 3.63) is 36.4 Å². The summed E-state index contributed by atoms with van der Waals surface area (Å²) in [6, 6.07) is 5.36. The summed E-state index contributed by atoms with van der Waals surface area (Å²) < 4.78 is 10.9. The van der Waals surface area contributed by atoms with Crippen LogP contribution in [0.25, 0.3) is 0 Å². The van der Waals surface area contributed by atoms with E-state index in [0.717, 1.165) is 5.56 Å². The molecule has 0 spiro atoms. The Kier molecular flexibility index (Phi) is 5.26. The van der Waals surface area contributed by atoms with Gasteiger partial charge >= 0.3 is 0 Å². The van der Waals surface area contributed by atoms with Crippen LogP contribution in [0, 0.1) is 5.92 Å². The monoisotopic (exact) mass is 318 g/mol. The first kappa shape index (κ1) is 16.9. The predicted octanol–water partition coefficient (Wildman–Crippen LogP) is 1.31. The third kappa shape index (κ3) is 3.64. The van der Waals surface area contributed by atoms with Gasteiger partial charge in [-0.2, -0.15) is 0 Å². The van der Waals surface area contributed by atoms with Crippen molar-refractivity contribution >= 4 is 11.8 Å². The fourth-order valence-corrected chi connectivity index (χ4v) is 2.62. The van der Waals surface area contributed by atoms with E-state index in [4.69, 9.17) is 9.47 Å². The first-order valence-electron chi connectivity index (χ1n) is 7.38. The van der Waals surface area contributed by atoms with Gasteiger partial charge in [-0.1, -0.05) is 12.7 Å². The molecule has 1 fully saturated rings. The van der Waals surface area contributed by atoms with Gasteiger partial charge in [0.2, 0.25) is 11.8 Å². The van der Waals surface area contributed by atoms with Gasteiger partial charge < -0.3 is 19.3 Å². The standard InChI is InChI=1S/C17H22N2O4/c1-5-8-23-15-7-6-13(22-4)9-12(15)10-14-16(20)18(2)11-19(3)17(14)21/h5-7,9,14H,1,8,10-11H2,2-4H3. The van der Waals surface area contributed by atoms with Crippen molar-refractivity contribution in [2.45, 2.75) is 6.42 Å². The number of methoxy groups -OCH3 is 1. The first-order valence-corrected chi connectivity index (χ1v) is 7.38. The maximum absolute atomic E-state index is 12.4. The minimum Gasteiger partial charge on any atom is -0.497 e. The van der Waals surface area contributed by atoms with Gasteiger partial charge in [-0.3, -0.25) is 9.59 Å². The molecule has 1 aliphatic rings. The van der Waals surface area contributed by atoms with Gasteiger partial charge in [-0.15, -0.1) is 0 Å². The highest BCUT2D eigenvalue weighted by Gasteiger charge is 2.37. The summed E-state index contributed by atoms with van der Waals surface area (Å²) in [5.41, 5.74) is 0.765. The van der Waals surface area contributed by atoms with Crippen LogP contribution in [0.15, 0.2) is 30.9 Å². The van der Waals surface area contributed by atoms with E-state index < -0.39 is 5.92 Å². The summed E-state index contributed by atoms with van der Waals surface area (Å²) in [5.74, 6) is 0.193. The van der Waals surface area contributed by atoms with E-state index in [1.54, 1.807) is 55.3 Å². The van der Waals surface area contributed by atoms with Crippen molar-refractivity contribution in [2.24, 2.45) is 5.92 Å². The molecule has 6 heteroatoms. The van der Waals surface area contributed by atoms with E-state index >= 15 is 0 Å². The van der Waals surface area contributed by atoms with Crippen molar-refractivity contribution in [3.8, 4) is 11.5 Å². The number of rotatable bonds is 6. The van der Waals surface area contributed by atoms with Crippen molar-refractivity contribution in [1.29, 1.82) is 0 Å². The van der Waals surface area contributed by atoms with E-state index in [-0.39, 0.29) is 18.2 Å². The normalized spacial score (nSPS) is 15.8. The Morgan fingerprint density at radius 2 is 1.91 bits per heavy atom. The summed E-state index contributed by atoms with van der Waals surface area (Å²) in [6.07, 6.45) is 1.92. The molecule has 124 valence electrons. The van der Waals surface area contributed by atoms with Gasteiger partial charge in [-0.25, -0.2) is 0 Å². The molecule has 1 heterocycles. The number of carbonyl (C=O) groups is 2. The predicted molar refractivity (Wildman–Crippen MR) is 86.3 cm³/mol. The highest BCUT2D eigenvalue weighted by Crippen LogP contribution is 2.28. The minimum atomic E-state index is -0.739. The number of hydrogen-bond donors (Lipinski definition) is 0. The molecule has 0 N–H and O–H groups in total. The van der Waals surface area contributed by atoms with Gasteiger partial charge in [-0.05, 0) is 30.2 Å². The molecule has 1 saturated heterocycles. The van der Waals surface area contributed by atoms with E-state index in [9.17, 15) is 9.59 Å². The maximum atomic E-state index is 12.4. The number of hydrogen-bond acceptors (Lipinski definition) is 4. The molecule has 0 bridgehead atoms. The highest BCUT2D eigenvalue weighted by atomic mass is 16.5. The van der Waals surface area contributed by atoms with E-state index in [1.807, 2.05) is 0 Å². The SMILES string of the molecule is C=CCOc1ccc(OC)cc1CC1C(=O)N(C)CN(C)C1=O. The van der Waals surface area contributed by atoms with Crippen LogP contribution >= 0.6 is 0 Å². The molecule has 0 saturated carbocycles. The third-order valence-corrected chi connectivity index (χ3v) is 3.82. The minimum absolute atomic E-state index is 0.175. The number of ether oxygens (including phenoxy) is 2. The molecule has 23 heavy (non-hydrogen) atoms. The average molecular weight is 318 g/mol. The summed E-state index contributed by atoms with van der Waals surface area (Å²) in [5, 5.41) is 0. The van der Waals surface area contributed by atoms with Crippen LogP contribution in [0.5, 0.6) is 11.5 Å². The lowest BCUT2D eigenvalue weighted by atomic mass is 9.94. The molecule has 1 aromatic rings. The second-order valence-electron chi connectivity index (χ2n) is 5.54. The van der Waals surface area contributed by atoms with Gasteiger partial charge in [0, 0.05) is 14.1 Å². The molecule has 0 aromatic heterocycles. The van der Waals surface area contributed by atoms with E-state index in [2.05, 4.69) is 6.58 Å². The van der Waals surface area contributed by atoms with Crippen LogP contribution in [-0.2, 0) is 16.0 Å². The number of nitrogens with zero attached hydrogens (tertiary/aromatic N) is 2. The van der Waals surface area contributed by atoms with Crippen molar-refractivity contribution in [2.75, 3.05) is 34.5 Å². The molecule has 0 unspecified atom stereocenters. The highest BCUT2D eigenvalue weighted by molar-refractivity contribution is 6.02. The zero-order chi connectivity index (χ0) is 17.0. The van der Waals surface area contributed by atoms with Crippen LogP contribution in [0.1, 0.15) is 5.56 Å². The summed E-state index contributed by atoms with van der Waals surface area (Å²) in [7, 11) is 4.96. The molecule has 1 aromatic carbocycles. The van der Waals surface area contributed by atoms with Crippen LogP contribution in [0.2, 0.25) is 0 Å². The van der Waals surface area contributed by atoms with Gasteiger partial charge in [0.1, 0.15) is 24.0 Å². The molecule has 0 radical (unpaired) electrons. The van der Waals surface area contributed by atoms with Gasteiger partial charge in [0.15, 0.2) is 0 Å². The van der Waals surface area contributed by atoms with Crippen molar-refractivity contribution in [1.82, 2.24) is 9.80 Å². The molecule has 0 atom stereocenters. The van der Waals surface area contributed by atoms with Crippen LogP contribution in [-0.4, -0.2) is 56.1 Å². The number of carbonyl (C=O) groups excluding carboxylic acids is 2. The Balaban J connectivity index is 2.30. The Morgan fingerprint density at radius 1 is 1.26 bits per heavy atom. The molecular formula is C17H22N2O4. The molecular weight excluding hydrogens is 296 g/mol. The topological polar surface area (TPSA) is 59.1 Å². The average Bonchev–Trinajstić information content (AvgIpc) is 2.55. The zero-order valence-corrected chi connectivity index (χ0v) is 13.7. The lowest BCUT2D eigenvalue weighted by Crippen LogP contribution is -2.54. The van der Waals surface area contributed by atoms with Crippen LogP contribution in [0.3, 0.4) is 0 Å². The molecule has 2 rings (SSSR count). The smallest absolute Gasteiger partial charge is 0.236 e.